The molecule has 21 heavy (non-hydrogen) atoms. The lowest BCUT2D eigenvalue weighted by atomic mass is 9.90. The molecule has 0 aromatic carbocycles. The van der Waals surface area contributed by atoms with Gasteiger partial charge in [-0.05, 0) is 11.5 Å². The molecular formula is C13H18N4O3S. The van der Waals surface area contributed by atoms with Crippen LogP contribution in [0.15, 0.2) is 6.20 Å². The highest BCUT2D eigenvalue weighted by Gasteiger charge is 2.30. The van der Waals surface area contributed by atoms with Crippen LogP contribution in [-0.4, -0.2) is 38.9 Å². The molecule has 2 aromatic rings. The molecule has 0 fully saturated rings. The van der Waals surface area contributed by atoms with Crippen molar-refractivity contribution < 1.29 is 14.6 Å². The van der Waals surface area contributed by atoms with Gasteiger partial charge in [-0.2, -0.15) is 4.98 Å². The minimum absolute atomic E-state index is 0.218. The first-order valence-corrected chi connectivity index (χ1v) is 7.11. The molecule has 0 aliphatic heterocycles. The van der Waals surface area contributed by atoms with Crippen molar-refractivity contribution in [1.82, 2.24) is 19.6 Å². The molecule has 1 unspecified atom stereocenters. The van der Waals surface area contributed by atoms with Gasteiger partial charge in [0.2, 0.25) is 11.8 Å². The summed E-state index contributed by atoms with van der Waals surface area (Å²) in [7, 11) is 2.96. The number of ether oxygens (including phenoxy) is 2. The second-order valence-corrected chi connectivity index (χ2v) is 6.23. The van der Waals surface area contributed by atoms with Gasteiger partial charge in [0.1, 0.15) is 11.8 Å². The first-order valence-electron chi connectivity index (χ1n) is 6.34. The molecular weight excluding hydrogens is 292 g/mol. The Hall–Kier alpha value is -1.80. The molecule has 7 nitrogen and oxygen atoms in total. The number of methoxy groups -OCH3 is 2. The first kappa shape index (κ1) is 15.6. The molecule has 0 saturated heterocycles. The van der Waals surface area contributed by atoms with E-state index in [0.29, 0.717) is 16.5 Å². The topological polar surface area (TPSA) is 90.2 Å². The van der Waals surface area contributed by atoms with Gasteiger partial charge in [0.25, 0.3) is 0 Å². The number of nitrogens with zero attached hydrogens (tertiary/aromatic N) is 4. The summed E-state index contributed by atoms with van der Waals surface area (Å²) >= 11 is 1.14. The van der Waals surface area contributed by atoms with Crippen molar-refractivity contribution in [3.05, 3.63) is 22.5 Å². The Balaban J connectivity index is 2.46. The Morgan fingerprint density at radius 2 is 1.95 bits per heavy atom. The van der Waals surface area contributed by atoms with E-state index in [1.807, 2.05) is 20.8 Å². The van der Waals surface area contributed by atoms with Crippen molar-refractivity contribution >= 4 is 11.5 Å². The smallest absolute Gasteiger partial charge is 0.241 e. The van der Waals surface area contributed by atoms with E-state index >= 15 is 0 Å². The van der Waals surface area contributed by atoms with Gasteiger partial charge in [-0.3, -0.25) is 0 Å². The molecule has 0 spiro atoms. The zero-order valence-electron chi connectivity index (χ0n) is 12.6. The van der Waals surface area contributed by atoms with Crippen molar-refractivity contribution in [1.29, 1.82) is 0 Å². The molecule has 0 amide bonds. The van der Waals surface area contributed by atoms with Crippen LogP contribution in [0.2, 0.25) is 0 Å². The molecule has 1 N–H and O–H groups in total. The zero-order valence-corrected chi connectivity index (χ0v) is 13.4. The molecule has 1 atom stereocenters. The lowest BCUT2D eigenvalue weighted by Gasteiger charge is -2.19. The maximum atomic E-state index is 10.6. The Kier molecular flexibility index (Phi) is 4.38. The van der Waals surface area contributed by atoms with Crippen LogP contribution in [0.4, 0.5) is 0 Å². The summed E-state index contributed by atoms with van der Waals surface area (Å²) < 4.78 is 14.1. The van der Waals surface area contributed by atoms with Crippen LogP contribution < -0.4 is 9.47 Å². The van der Waals surface area contributed by atoms with Gasteiger partial charge in [-0.1, -0.05) is 25.3 Å². The van der Waals surface area contributed by atoms with Gasteiger partial charge in [-0.25, -0.2) is 4.98 Å². The van der Waals surface area contributed by atoms with Gasteiger partial charge >= 0.3 is 0 Å². The van der Waals surface area contributed by atoms with E-state index in [0.717, 1.165) is 17.2 Å². The van der Waals surface area contributed by atoms with Gasteiger partial charge < -0.3 is 14.6 Å². The molecule has 0 aliphatic carbocycles. The van der Waals surface area contributed by atoms with E-state index < -0.39 is 6.10 Å². The fourth-order valence-electron chi connectivity index (χ4n) is 1.82. The lowest BCUT2D eigenvalue weighted by Crippen LogP contribution is -2.17. The second-order valence-electron chi connectivity index (χ2n) is 5.45. The summed E-state index contributed by atoms with van der Waals surface area (Å²) in [5.41, 5.74) is 0.825. The minimum Gasteiger partial charge on any atom is -0.480 e. The van der Waals surface area contributed by atoms with Crippen LogP contribution in [0.5, 0.6) is 11.8 Å². The number of hydrogen-bond acceptors (Lipinski definition) is 8. The molecule has 114 valence electrons. The molecule has 0 aliphatic rings. The monoisotopic (exact) mass is 310 g/mol. The maximum absolute atomic E-state index is 10.6. The highest BCUT2D eigenvalue weighted by molar-refractivity contribution is 7.05. The standard InChI is InChI=1S/C13H18N4O3S/c1-13(2,3)11-10(21-17-16-11)9(18)8-12(20-5)15-7(19-4)6-14-8/h6,9,18H,1-5H3. The van der Waals surface area contributed by atoms with E-state index in [4.69, 9.17) is 9.47 Å². The predicted molar refractivity (Wildman–Crippen MR) is 77.8 cm³/mol. The van der Waals surface area contributed by atoms with Crippen LogP contribution in [0.3, 0.4) is 0 Å². The van der Waals surface area contributed by atoms with Crippen LogP contribution in [0.1, 0.15) is 43.1 Å². The molecule has 0 saturated carbocycles. The van der Waals surface area contributed by atoms with E-state index in [9.17, 15) is 5.11 Å². The first-order chi connectivity index (χ1) is 9.88. The van der Waals surface area contributed by atoms with Crippen LogP contribution >= 0.6 is 11.5 Å². The fourth-order valence-corrected chi connectivity index (χ4v) is 2.68. The summed E-state index contributed by atoms with van der Waals surface area (Å²) in [6, 6.07) is 0. The Labute approximate surface area is 127 Å². The van der Waals surface area contributed by atoms with Gasteiger partial charge in [0.05, 0.1) is 31.0 Å². The second kappa shape index (κ2) is 5.90. The molecule has 0 radical (unpaired) electrons. The SMILES string of the molecule is COc1cnc(C(O)c2snnc2C(C)(C)C)c(OC)n1. The van der Waals surface area contributed by atoms with Crippen molar-refractivity contribution in [2.24, 2.45) is 0 Å². The van der Waals surface area contributed by atoms with E-state index in [-0.39, 0.29) is 11.3 Å². The molecule has 2 aromatic heterocycles. The van der Waals surface area contributed by atoms with Crippen LogP contribution in [0.25, 0.3) is 0 Å². The number of aliphatic hydroxyl groups is 1. The summed E-state index contributed by atoms with van der Waals surface area (Å²) in [5.74, 6) is 0.538. The zero-order chi connectivity index (χ0) is 15.6. The van der Waals surface area contributed by atoms with Crippen molar-refractivity contribution in [2.75, 3.05) is 14.2 Å². The summed E-state index contributed by atoms with van der Waals surface area (Å²) in [4.78, 5) is 8.96. The molecule has 2 rings (SSSR count). The van der Waals surface area contributed by atoms with E-state index in [1.54, 1.807) is 0 Å². The van der Waals surface area contributed by atoms with Gasteiger partial charge in [-0.15, -0.1) is 5.10 Å². The number of aromatic nitrogens is 4. The third kappa shape index (κ3) is 3.11. The lowest BCUT2D eigenvalue weighted by molar-refractivity contribution is 0.207. The van der Waals surface area contributed by atoms with E-state index in [2.05, 4.69) is 19.6 Å². The summed E-state index contributed by atoms with van der Waals surface area (Å²) in [6.45, 7) is 6.03. The Morgan fingerprint density at radius 3 is 2.52 bits per heavy atom. The number of hydrogen-bond donors (Lipinski definition) is 1. The summed E-state index contributed by atoms with van der Waals surface area (Å²) in [6.07, 6.45) is 0.444. The van der Waals surface area contributed by atoms with Crippen molar-refractivity contribution in [3.8, 4) is 11.8 Å². The largest absolute Gasteiger partial charge is 0.480 e. The highest BCUT2D eigenvalue weighted by atomic mass is 32.1. The third-order valence-corrected chi connectivity index (χ3v) is 3.66. The number of aliphatic hydroxyl groups excluding tert-OH is 1. The maximum Gasteiger partial charge on any atom is 0.241 e. The fraction of sp³-hybridized carbons (Fsp3) is 0.538. The third-order valence-electron chi connectivity index (χ3n) is 2.88. The van der Waals surface area contributed by atoms with Crippen molar-refractivity contribution in [3.63, 3.8) is 0 Å². The minimum atomic E-state index is -0.993. The van der Waals surface area contributed by atoms with Crippen LogP contribution in [-0.2, 0) is 5.41 Å². The van der Waals surface area contributed by atoms with Crippen molar-refractivity contribution in [2.45, 2.75) is 32.3 Å². The van der Waals surface area contributed by atoms with Crippen LogP contribution in [0, 0.1) is 0 Å². The average Bonchev–Trinajstić information content (AvgIpc) is 2.95. The van der Waals surface area contributed by atoms with Gasteiger partial charge in [0.15, 0.2) is 0 Å². The van der Waals surface area contributed by atoms with E-state index in [1.165, 1.54) is 20.4 Å². The molecule has 8 heteroatoms. The molecule has 2 heterocycles. The Morgan fingerprint density at radius 1 is 1.24 bits per heavy atom. The average molecular weight is 310 g/mol. The Bertz CT molecular complexity index is 624. The molecule has 0 bridgehead atoms. The normalized spacial score (nSPS) is 13.0. The summed E-state index contributed by atoms with van der Waals surface area (Å²) in [5, 5.41) is 14.7. The quantitative estimate of drug-likeness (QED) is 0.919. The number of rotatable bonds is 4. The highest BCUT2D eigenvalue weighted by Crippen LogP contribution is 2.35. The predicted octanol–water partition coefficient (Wildman–Crippen LogP) is 1.72. The van der Waals surface area contributed by atoms with Gasteiger partial charge in [0, 0.05) is 5.41 Å².